The van der Waals surface area contributed by atoms with Gasteiger partial charge in [-0.05, 0) is 31.2 Å². The third-order valence-corrected chi connectivity index (χ3v) is 4.97. The first-order valence-electron chi connectivity index (χ1n) is 9.75. The van der Waals surface area contributed by atoms with E-state index in [4.69, 9.17) is 26.2 Å². The zero-order valence-electron chi connectivity index (χ0n) is 17.4. The van der Waals surface area contributed by atoms with E-state index in [9.17, 15) is 4.79 Å². The Balaban J connectivity index is 1.86. The maximum Gasteiger partial charge on any atom is 0.251 e. The summed E-state index contributed by atoms with van der Waals surface area (Å²) < 4.78 is 12.4. The summed E-state index contributed by atoms with van der Waals surface area (Å²) in [5, 5.41) is 5.45. The average Bonchev–Trinajstić information content (AvgIpc) is 3.18. The Morgan fingerprint density at radius 1 is 1.13 bits per heavy atom. The average molecular weight is 428 g/mol. The molecule has 0 aliphatic heterocycles. The van der Waals surface area contributed by atoms with Crippen LogP contribution in [-0.4, -0.2) is 54.1 Å². The maximum absolute atomic E-state index is 12.7. The third-order valence-electron chi connectivity index (χ3n) is 4.72. The van der Waals surface area contributed by atoms with Gasteiger partial charge in [0.2, 0.25) is 0 Å². The van der Waals surface area contributed by atoms with Crippen LogP contribution in [0.25, 0.3) is 16.9 Å². The molecule has 0 fully saturated rings. The number of nitrogens with zero attached hydrogens (tertiary/aromatic N) is 3. The molecule has 1 unspecified atom stereocenters. The summed E-state index contributed by atoms with van der Waals surface area (Å²) in [5.74, 6) is -0.0966. The Kier molecular flexibility index (Phi) is 7.63. The van der Waals surface area contributed by atoms with Gasteiger partial charge in [-0.1, -0.05) is 41.9 Å². The van der Waals surface area contributed by atoms with Crippen LogP contribution in [0, 0.1) is 0 Å². The van der Waals surface area contributed by atoms with Crippen LogP contribution < -0.4 is 0 Å². The molecule has 0 radical (unpaired) electrons. The van der Waals surface area contributed by atoms with Crippen molar-refractivity contribution in [2.75, 3.05) is 27.4 Å². The van der Waals surface area contributed by atoms with Crippen molar-refractivity contribution in [1.82, 2.24) is 14.7 Å². The number of amides is 1. The molecule has 2 aromatic carbocycles. The van der Waals surface area contributed by atoms with Crippen LogP contribution in [0.2, 0.25) is 5.02 Å². The highest BCUT2D eigenvalue weighted by molar-refractivity contribution is 6.30. The van der Waals surface area contributed by atoms with E-state index in [1.54, 1.807) is 26.0 Å². The number of aromatic nitrogens is 2. The predicted octanol–water partition coefficient (Wildman–Crippen LogP) is 4.20. The molecule has 1 amide bonds. The van der Waals surface area contributed by atoms with E-state index in [0.29, 0.717) is 24.8 Å². The maximum atomic E-state index is 12.7. The third kappa shape index (κ3) is 5.48. The minimum Gasteiger partial charge on any atom is -0.382 e. The van der Waals surface area contributed by atoms with E-state index in [2.05, 4.69) is 0 Å². The van der Waals surface area contributed by atoms with E-state index < -0.39 is 6.10 Å². The Morgan fingerprint density at radius 2 is 1.83 bits per heavy atom. The molecule has 1 atom stereocenters. The number of hydrogen-bond donors (Lipinski definition) is 0. The molecule has 158 valence electrons. The van der Waals surface area contributed by atoms with Crippen LogP contribution in [-0.2, 0) is 20.8 Å². The van der Waals surface area contributed by atoms with Crippen LogP contribution in [0.1, 0.15) is 12.5 Å². The largest absolute Gasteiger partial charge is 0.382 e. The van der Waals surface area contributed by atoms with Crippen LogP contribution >= 0.6 is 11.6 Å². The molecule has 0 aliphatic rings. The number of carbonyl (C=O) groups excluding carboxylic acids is 1. The van der Waals surface area contributed by atoms with Crippen LogP contribution in [0.5, 0.6) is 0 Å². The van der Waals surface area contributed by atoms with E-state index >= 15 is 0 Å². The Morgan fingerprint density at radius 3 is 2.50 bits per heavy atom. The Hall–Kier alpha value is -2.67. The first kappa shape index (κ1) is 22.0. The van der Waals surface area contributed by atoms with Crippen LogP contribution in [0.3, 0.4) is 0 Å². The highest BCUT2D eigenvalue weighted by atomic mass is 35.5. The van der Waals surface area contributed by atoms with Gasteiger partial charge in [0.15, 0.2) is 0 Å². The lowest BCUT2D eigenvalue weighted by atomic mass is 10.1. The van der Waals surface area contributed by atoms with Crippen molar-refractivity contribution >= 4 is 17.5 Å². The highest BCUT2D eigenvalue weighted by Gasteiger charge is 2.21. The Bertz CT molecular complexity index is 958. The number of para-hydroxylation sites is 1. The molecule has 3 rings (SSSR count). The molecule has 0 bridgehead atoms. The SMILES string of the molecule is COCCOC(C)C(=O)N(C)Cc1cn(-c2ccccc2)nc1-c1ccc(Cl)cc1. The summed E-state index contributed by atoms with van der Waals surface area (Å²) in [7, 11) is 3.37. The normalized spacial score (nSPS) is 12.0. The summed E-state index contributed by atoms with van der Waals surface area (Å²) in [4.78, 5) is 14.4. The second-order valence-corrected chi connectivity index (χ2v) is 7.43. The molecule has 6 nitrogen and oxygen atoms in total. The number of hydrogen-bond acceptors (Lipinski definition) is 4. The van der Waals surface area contributed by atoms with E-state index in [-0.39, 0.29) is 5.91 Å². The second kappa shape index (κ2) is 10.4. The van der Waals surface area contributed by atoms with Crippen molar-refractivity contribution in [3.05, 3.63) is 71.4 Å². The fraction of sp³-hybridized carbons (Fsp3) is 0.304. The van der Waals surface area contributed by atoms with E-state index in [0.717, 1.165) is 22.5 Å². The molecule has 1 aromatic heterocycles. The molecule has 0 saturated carbocycles. The van der Waals surface area contributed by atoms with E-state index in [1.807, 2.05) is 65.5 Å². The van der Waals surface area contributed by atoms with Crippen LogP contribution in [0.15, 0.2) is 60.8 Å². The van der Waals surface area contributed by atoms with Gasteiger partial charge >= 0.3 is 0 Å². The summed E-state index contributed by atoms with van der Waals surface area (Å²) in [5.41, 5.74) is 3.63. The molecular weight excluding hydrogens is 402 g/mol. The van der Waals surface area contributed by atoms with Gasteiger partial charge in [0.05, 0.1) is 24.6 Å². The minimum absolute atomic E-state index is 0.0966. The Labute approximate surface area is 182 Å². The molecule has 0 N–H and O–H groups in total. The van der Waals surface area contributed by atoms with Crippen LogP contribution in [0.4, 0.5) is 0 Å². The molecule has 3 aromatic rings. The van der Waals surface area contributed by atoms with Crippen molar-refractivity contribution in [1.29, 1.82) is 0 Å². The monoisotopic (exact) mass is 427 g/mol. The lowest BCUT2D eigenvalue weighted by Crippen LogP contribution is -2.36. The van der Waals surface area contributed by atoms with Gasteiger partial charge in [-0.15, -0.1) is 0 Å². The topological polar surface area (TPSA) is 56.6 Å². The van der Waals surface area contributed by atoms with Gasteiger partial charge < -0.3 is 14.4 Å². The van der Waals surface area contributed by atoms with Gasteiger partial charge in [0.25, 0.3) is 5.91 Å². The lowest BCUT2D eigenvalue weighted by Gasteiger charge is -2.21. The fourth-order valence-corrected chi connectivity index (χ4v) is 3.24. The predicted molar refractivity (Wildman–Crippen MR) is 118 cm³/mol. The van der Waals surface area contributed by atoms with Gasteiger partial charge in [0.1, 0.15) is 6.10 Å². The zero-order chi connectivity index (χ0) is 21.5. The molecule has 1 heterocycles. The van der Waals surface area contributed by atoms with Crippen molar-refractivity contribution in [3.63, 3.8) is 0 Å². The standard InChI is InChI=1S/C23H26ClN3O3/c1-17(30-14-13-29-3)23(28)26(2)15-19-16-27(21-7-5-4-6-8-21)25-22(19)18-9-11-20(24)12-10-18/h4-12,16-17H,13-15H2,1-3H3. The minimum atomic E-state index is -0.548. The highest BCUT2D eigenvalue weighted by Crippen LogP contribution is 2.26. The number of rotatable bonds is 9. The van der Waals surface area contributed by atoms with Gasteiger partial charge in [-0.2, -0.15) is 5.10 Å². The second-order valence-electron chi connectivity index (χ2n) is 6.99. The number of ether oxygens (including phenoxy) is 2. The molecule has 0 spiro atoms. The van der Waals surface area contributed by atoms with Crippen molar-refractivity contribution in [3.8, 4) is 16.9 Å². The lowest BCUT2D eigenvalue weighted by molar-refractivity contribution is -0.142. The molecule has 7 heteroatoms. The molecule has 30 heavy (non-hydrogen) atoms. The summed E-state index contributed by atoms with van der Waals surface area (Å²) >= 11 is 6.05. The van der Waals surface area contributed by atoms with Crippen molar-refractivity contribution in [2.24, 2.45) is 0 Å². The quantitative estimate of drug-likeness (QED) is 0.480. The smallest absolute Gasteiger partial charge is 0.251 e. The summed E-state index contributed by atoms with van der Waals surface area (Å²) in [6.45, 7) is 2.98. The summed E-state index contributed by atoms with van der Waals surface area (Å²) in [6.07, 6.45) is 1.41. The number of likely N-dealkylation sites (N-methyl/N-ethyl adjacent to an activating group) is 1. The van der Waals surface area contributed by atoms with Gasteiger partial charge in [-0.3, -0.25) is 4.79 Å². The first-order valence-corrected chi connectivity index (χ1v) is 10.1. The zero-order valence-corrected chi connectivity index (χ0v) is 18.2. The number of methoxy groups -OCH3 is 1. The van der Waals surface area contributed by atoms with Gasteiger partial charge in [0, 0.05) is 43.0 Å². The first-order chi connectivity index (χ1) is 14.5. The van der Waals surface area contributed by atoms with Crippen molar-refractivity contribution < 1.29 is 14.3 Å². The number of benzene rings is 2. The summed E-state index contributed by atoms with van der Waals surface area (Å²) in [6, 6.07) is 17.4. The van der Waals surface area contributed by atoms with Gasteiger partial charge in [-0.25, -0.2) is 4.68 Å². The van der Waals surface area contributed by atoms with Crippen molar-refractivity contribution in [2.45, 2.75) is 19.6 Å². The fourth-order valence-electron chi connectivity index (χ4n) is 3.11. The molecule has 0 aliphatic carbocycles. The number of carbonyl (C=O) groups is 1. The number of halogens is 1. The molecule has 0 saturated heterocycles. The molecular formula is C23H26ClN3O3. The van der Waals surface area contributed by atoms with E-state index in [1.165, 1.54) is 0 Å².